The van der Waals surface area contributed by atoms with Crippen molar-refractivity contribution in [2.24, 2.45) is 17.4 Å². The summed E-state index contributed by atoms with van der Waals surface area (Å²) in [5.41, 5.74) is 17.7. The number of aliphatic hydroxyl groups is 1. The molecule has 0 aromatic carbocycles. The standard InChI is InChI=1S/C15H24N8O2/c1-8-5-7-23(9(2)24)15(18,25)14(8,17)22(3)12-10-4-6-19-11(10)20-13(16)21-12/h4,6,8,25H,5,7,17-18H2,1-3H3,(H3,16,19,20,21). The molecule has 10 heteroatoms. The van der Waals surface area contributed by atoms with E-state index in [-0.39, 0.29) is 17.8 Å². The number of piperidine rings is 1. The molecule has 0 spiro atoms. The quantitative estimate of drug-likeness (QED) is 0.437. The fourth-order valence-corrected chi connectivity index (χ4v) is 3.64. The molecule has 25 heavy (non-hydrogen) atoms. The number of amides is 1. The molecule has 1 amide bonds. The van der Waals surface area contributed by atoms with Crippen molar-refractivity contribution in [3.05, 3.63) is 12.3 Å². The lowest BCUT2D eigenvalue weighted by atomic mass is 9.81. The number of carbonyl (C=O) groups excluding carboxylic acids is 1. The van der Waals surface area contributed by atoms with E-state index in [1.807, 2.05) is 6.92 Å². The summed E-state index contributed by atoms with van der Waals surface area (Å²) in [6.07, 6.45) is 2.29. The highest BCUT2D eigenvalue weighted by atomic mass is 16.3. The van der Waals surface area contributed by atoms with E-state index in [4.69, 9.17) is 17.2 Å². The van der Waals surface area contributed by atoms with Crippen molar-refractivity contribution < 1.29 is 9.90 Å². The Bertz CT molecular complexity index is 819. The summed E-state index contributed by atoms with van der Waals surface area (Å²) in [7, 11) is 1.67. The van der Waals surface area contributed by atoms with Gasteiger partial charge in [0.25, 0.3) is 0 Å². The smallest absolute Gasteiger partial charge is 0.233 e. The monoisotopic (exact) mass is 348 g/mol. The van der Waals surface area contributed by atoms with Gasteiger partial charge >= 0.3 is 0 Å². The van der Waals surface area contributed by atoms with Crippen molar-refractivity contribution in [2.45, 2.75) is 31.8 Å². The van der Waals surface area contributed by atoms with Gasteiger partial charge in [0.1, 0.15) is 11.5 Å². The first kappa shape index (κ1) is 17.4. The van der Waals surface area contributed by atoms with Crippen LogP contribution < -0.4 is 22.1 Å². The van der Waals surface area contributed by atoms with E-state index in [1.165, 1.54) is 11.8 Å². The van der Waals surface area contributed by atoms with Crippen LogP contribution in [0.15, 0.2) is 12.3 Å². The number of aromatic nitrogens is 3. The minimum absolute atomic E-state index is 0.0628. The van der Waals surface area contributed by atoms with Crippen LogP contribution in [0.3, 0.4) is 0 Å². The van der Waals surface area contributed by atoms with Crippen molar-refractivity contribution in [2.75, 3.05) is 24.2 Å². The van der Waals surface area contributed by atoms with Crippen molar-refractivity contribution in [3.63, 3.8) is 0 Å². The van der Waals surface area contributed by atoms with Gasteiger partial charge in [-0.25, -0.2) is 0 Å². The number of nitrogen functional groups attached to an aromatic ring is 1. The maximum absolute atomic E-state index is 12.0. The molecule has 2 aromatic rings. The summed E-state index contributed by atoms with van der Waals surface area (Å²) in [5.74, 6) is -2.18. The van der Waals surface area contributed by atoms with E-state index in [0.717, 1.165) is 0 Å². The second kappa shape index (κ2) is 5.55. The van der Waals surface area contributed by atoms with Gasteiger partial charge in [-0.2, -0.15) is 9.97 Å². The van der Waals surface area contributed by atoms with Crippen LogP contribution in [-0.2, 0) is 4.79 Å². The lowest BCUT2D eigenvalue weighted by Crippen LogP contribution is -2.84. The van der Waals surface area contributed by atoms with Crippen molar-refractivity contribution >= 4 is 28.7 Å². The molecule has 0 bridgehead atoms. The number of nitrogens with zero attached hydrogens (tertiary/aromatic N) is 4. The number of nitrogens with two attached hydrogens (primary N) is 3. The maximum Gasteiger partial charge on any atom is 0.233 e. The van der Waals surface area contributed by atoms with Gasteiger partial charge in [-0.05, 0) is 12.5 Å². The van der Waals surface area contributed by atoms with Crippen LogP contribution in [0.1, 0.15) is 20.3 Å². The van der Waals surface area contributed by atoms with Crippen LogP contribution >= 0.6 is 0 Å². The molecule has 1 saturated heterocycles. The zero-order valence-corrected chi connectivity index (χ0v) is 14.5. The van der Waals surface area contributed by atoms with Crippen LogP contribution in [0, 0.1) is 5.92 Å². The fraction of sp³-hybridized carbons (Fsp3) is 0.533. The molecule has 0 radical (unpaired) electrons. The molecule has 136 valence electrons. The first-order valence-electron chi connectivity index (χ1n) is 8.03. The number of H-pyrrole nitrogens is 1. The molecule has 0 saturated carbocycles. The Hall–Kier alpha value is -2.43. The van der Waals surface area contributed by atoms with Gasteiger partial charge in [-0.3, -0.25) is 15.4 Å². The maximum atomic E-state index is 12.0. The highest BCUT2D eigenvalue weighted by Gasteiger charge is 2.59. The first-order valence-corrected chi connectivity index (χ1v) is 8.03. The minimum Gasteiger partial charge on any atom is -0.368 e. The lowest BCUT2D eigenvalue weighted by molar-refractivity contribution is -0.199. The van der Waals surface area contributed by atoms with Gasteiger partial charge in [-0.15, -0.1) is 0 Å². The number of likely N-dealkylation sites (tertiary alicyclic amines) is 1. The molecule has 10 nitrogen and oxygen atoms in total. The molecule has 3 unspecified atom stereocenters. The number of anilines is 2. The number of fused-ring (bicyclic) bond motifs is 1. The van der Waals surface area contributed by atoms with Gasteiger partial charge in [0, 0.05) is 32.6 Å². The van der Waals surface area contributed by atoms with E-state index < -0.39 is 11.5 Å². The van der Waals surface area contributed by atoms with Gasteiger partial charge in [0.2, 0.25) is 17.7 Å². The van der Waals surface area contributed by atoms with Crippen molar-refractivity contribution in [1.82, 2.24) is 19.9 Å². The van der Waals surface area contributed by atoms with Crippen LogP contribution in [0.4, 0.5) is 11.8 Å². The molecule has 0 aliphatic carbocycles. The Kier molecular flexibility index (Phi) is 3.86. The molecule has 3 atom stereocenters. The number of nitrogens with one attached hydrogen (secondary N) is 1. The predicted octanol–water partition coefficient (Wildman–Crippen LogP) is -0.876. The Labute approximate surface area is 145 Å². The second-order valence-electron chi connectivity index (χ2n) is 6.62. The first-order chi connectivity index (χ1) is 11.6. The highest BCUT2D eigenvalue weighted by Crippen LogP contribution is 2.40. The Balaban J connectivity index is 2.16. The van der Waals surface area contributed by atoms with Crippen LogP contribution in [0.2, 0.25) is 0 Å². The molecule has 3 heterocycles. The normalized spacial score (nSPS) is 29.8. The van der Waals surface area contributed by atoms with E-state index in [0.29, 0.717) is 29.8 Å². The zero-order chi connectivity index (χ0) is 18.6. The van der Waals surface area contributed by atoms with Crippen molar-refractivity contribution in [1.29, 1.82) is 0 Å². The van der Waals surface area contributed by atoms with Crippen molar-refractivity contribution in [3.8, 4) is 0 Å². The number of hydrogen-bond acceptors (Lipinski definition) is 8. The van der Waals surface area contributed by atoms with Gasteiger partial charge in [-0.1, -0.05) is 6.92 Å². The molecular weight excluding hydrogens is 324 g/mol. The van der Waals surface area contributed by atoms with Gasteiger partial charge < -0.3 is 26.5 Å². The second-order valence-corrected chi connectivity index (χ2v) is 6.62. The topological polar surface area (TPSA) is 163 Å². The molecule has 8 N–H and O–H groups in total. The van der Waals surface area contributed by atoms with Crippen LogP contribution in [0.5, 0.6) is 0 Å². The van der Waals surface area contributed by atoms with Crippen LogP contribution in [0.25, 0.3) is 11.0 Å². The lowest BCUT2D eigenvalue weighted by Gasteiger charge is -2.58. The third-order valence-electron chi connectivity index (χ3n) is 5.20. The van der Waals surface area contributed by atoms with Crippen LogP contribution in [-0.4, -0.2) is 56.0 Å². The molecule has 3 rings (SSSR count). The van der Waals surface area contributed by atoms with Gasteiger partial charge in [0.15, 0.2) is 5.66 Å². The number of likely N-dealkylation sites (N-methyl/N-ethyl adjacent to an activating group) is 1. The summed E-state index contributed by atoms with van der Waals surface area (Å²) in [6, 6.07) is 1.79. The summed E-state index contributed by atoms with van der Waals surface area (Å²) in [5, 5.41) is 11.7. The van der Waals surface area contributed by atoms with E-state index in [9.17, 15) is 9.90 Å². The third-order valence-corrected chi connectivity index (χ3v) is 5.20. The minimum atomic E-state index is -2.09. The number of aromatic amines is 1. The molecular formula is C15H24N8O2. The Morgan fingerprint density at radius 2 is 2.16 bits per heavy atom. The largest absolute Gasteiger partial charge is 0.368 e. The molecule has 2 aromatic heterocycles. The zero-order valence-electron chi connectivity index (χ0n) is 14.5. The Morgan fingerprint density at radius 1 is 1.48 bits per heavy atom. The number of hydrogen-bond donors (Lipinski definition) is 5. The Morgan fingerprint density at radius 3 is 2.80 bits per heavy atom. The SMILES string of the molecule is CC(=O)N1CCC(C)C(N)(N(C)c2nc(N)nc3[nH]ccc23)C1(N)O. The average Bonchev–Trinajstić information content (AvgIpc) is 2.98. The predicted molar refractivity (Wildman–Crippen MR) is 93.9 cm³/mol. The number of rotatable bonds is 2. The number of carbonyl (C=O) groups is 1. The highest BCUT2D eigenvalue weighted by molar-refractivity contribution is 5.89. The summed E-state index contributed by atoms with van der Waals surface area (Å²) < 4.78 is 0. The van der Waals surface area contributed by atoms with E-state index in [2.05, 4.69) is 15.0 Å². The average molecular weight is 348 g/mol. The van der Waals surface area contributed by atoms with Gasteiger partial charge in [0.05, 0.1) is 5.39 Å². The molecule has 1 fully saturated rings. The molecule has 1 aliphatic heterocycles. The molecule has 1 aliphatic rings. The summed E-state index contributed by atoms with van der Waals surface area (Å²) >= 11 is 0. The van der Waals surface area contributed by atoms with E-state index >= 15 is 0 Å². The summed E-state index contributed by atoms with van der Waals surface area (Å²) in [6.45, 7) is 3.55. The summed E-state index contributed by atoms with van der Waals surface area (Å²) in [4.78, 5) is 26.1. The third kappa shape index (κ3) is 2.33. The fourth-order valence-electron chi connectivity index (χ4n) is 3.64. The van der Waals surface area contributed by atoms with E-state index in [1.54, 1.807) is 24.2 Å².